The Labute approximate surface area is 198 Å². The van der Waals surface area contributed by atoms with Crippen molar-refractivity contribution in [2.75, 3.05) is 39.3 Å². The lowest BCUT2D eigenvalue weighted by Gasteiger charge is -2.36. The molecule has 3 aliphatic heterocycles. The van der Waals surface area contributed by atoms with Crippen molar-refractivity contribution in [1.29, 1.82) is 0 Å². The van der Waals surface area contributed by atoms with E-state index in [0.29, 0.717) is 42.7 Å². The second kappa shape index (κ2) is 9.66. The van der Waals surface area contributed by atoms with Crippen LogP contribution in [0.5, 0.6) is 0 Å². The lowest BCUT2D eigenvalue weighted by molar-refractivity contribution is -0.138. The number of amides is 1. The van der Waals surface area contributed by atoms with Crippen molar-refractivity contribution in [1.82, 2.24) is 19.7 Å². The van der Waals surface area contributed by atoms with Gasteiger partial charge in [0.15, 0.2) is 0 Å². The number of piperidine rings is 1. The minimum Gasteiger partial charge on any atom is -0.340 e. The SMILES string of the molecule is O=C(CN1CCc2ncc(C(F)(F)F)cc2C1)N1CCC(N2CCC(c3ccccc3)CC2)C1. The average molecular weight is 473 g/mol. The quantitative estimate of drug-likeness (QED) is 0.676. The van der Waals surface area contributed by atoms with Gasteiger partial charge in [-0.05, 0) is 55.5 Å². The minimum absolute atomic E-state index is 0.0741. The van der Waals surface area contributed by atoms with Crippen LogP contribution in [0.15, 0.2) is 42.6 Å². The highest BCUT2D eigenvalue weighted by Gasteiger charge is 2.35. The van der Waals surface area contributed by atoms with Crippen LogP contribution in [-0.4, -0.2) is 70.9 Å². The summed E-state index contributed by atoms with van der Waals surface area (Å²) in [6.07, 6.45) is 0.362. The van der Waals surface area contributed by atoms with Crippen LogP contribution in [-0.2, 0) is 23.9 Å². The van der Waals surface area contributed by atoms with Gasteiger partial charge in [0.1, 0.15) is 0 Å². The molecule has 0 radical (unpaired) electrons. The molecule has 3 aliphatic rings. The van der Waals surface area contributed by atoms with Gasteiger partial charge in [-0.3, -0.25) is 19.6 Å². The Morgan fingerprint density at radius 1 is 1.03 bits per heavy atom. The Morgan fingerprint density at radius 2 is 1.79 bits per heavy atom. The number of carbonyl (C=O) groups is 1. The zero-order valence-electron chi connectivity index (χ0n) is 19.3. The van der Waals surface area contributed by atoms with Crippen LogP contribution in [0, 0.1) is 0 Å². The first-order valence-electron chi connectivity index (χ1n) is 12.2. The molecule has 1 amide bonds. The van der Waals surface area contributed by atoms with Gasteiger partial charge in [-0.25, -0.2) is 0 Å². The van der Waals surface area contributed by atoms with Crippen LogP contribution < -0.4 is 0 Å². The molecule has 0 aliphatic carbocycles. The van der Waals surface area contributed by atoms with Crippen molar-refractivity contribution in [2.45, 2.75) is 50.4 Å². The number of alkyl halides is 3. The molecule has 0 saturated carbocycles. The first-order valence-corrected chi connectivity index (χ1v) is 12.2. The topological polar surface area (TPSA) is 39.7 Å². The van der Waals surface area contributed by atoms with Gasteiger partial charge in [0.25, 0.3) is 0 Å². The fourth-order valence-corrected chi connectivity index (χ4v) is 5.66. The van der Waals surface area contributed by atoms with E-state index in [9.17, 15) is 18.0 Å². The number of hydrogen-bond donors (Lipinski definition) is 0. The van der Waals surface area contributed by atoms with E-state index in [-0.39, 0.29) is 12.5 Å². The number of fused-ring (bicyclic) bond motifs is 1. The Morgan fingerprint density at radius 3 is 2.53 bits per heavy atom. The summed E-state index contributed by atoms with van der Waals surface area (Å²) in [7, 11) is 0. The van der Waals surface area contributed by atoms with Crippen LogP contribution in [0.2, 0.25) is 0 Å². The molecule has 2 saturated heterocycles. The third-order valence-corrected chi connectivity index (χ3v) is 7.64. The fourth-order valence-electron chi connectivity index (χ4n) is 5.66. The molecule has 1 aromatic heterocycles. The van der Waals surface area contributed by atoms with Gasteiger partial charge >= 0.3 is 6.18 Å². The lowest BCUT2D eigenvalue weighted by atomic mass is 9.89. The molecule has 182 valence electrons. The van der Waals surface area contributed by atoms with Crippen LogP contribution in [0.4, 0.5) is 13.2 Å². The molecule has 2 aromatic rings. The maximum absolute atomic E-state index is 13.0. The molecule has 5 nitrogen and oxygen atoms in total. The molecule has 4 heterocycles. The number of rotatable bonds is 4. The number of pyridine rings is 1. The summed E-state index contributed by atoms with van der Waals surface area (Å²) >= 11 is 0. The maximum atomic E-state index is 13.0. The molecule has 1 unspecified atom stereocenters. The highest BCUT2D eigenvalue weighted by Crippen LogP contribution is 2.32. The van der Waals surface area contributed by atoms with Crippen molar-refractivity contribution in [3.05, 3.63) is 65.0 Å². The van der Waals surface area contributed by atoms with Crippen molar-refractivity contribution < 1.29 is 18.0 Å². The van der Waals surface area contributed by atoms with Gasteiger partial charge in [0.2, 0.25) is 5.91 Å². The zero-order valence-corrected chi connectivity index (χ0v) is 19.3. The van der Waals surface area contributed by atoms with E-state index >= 15 is 0 Å². The van der Waals surface area contributed by atoms with Gasteiger partial charge in [-0.15, -0.1) is 0 Å². The zero-order chi connectivity index (χ0) is 23.7. The molecule has 1 atom stereocenters. The van der Waals surface area contributed by atoms with Gasteiger partial charge in [0.05, 0.1) is 12.1 Å². The number of nitrogens with zero attached hydrogens (tertiary/aromatic N) is 4. The van der Waals surface area contributed by atoms with Crippen molar-refractivity contribution >= 4 is 5.91 Å². The van der Waals surface area contributed by atoms with Crippen LogP contribution in [0.25, 0.3) is 0 Å². The highest BCUT2D eigenvalue weighted by molar-refractivity contribution is 5.78. The molecule has 34 heavy (non-hydrogen) atoms. The number of likely N-dealkylation sites (tertiary alicyclic amines) is 2. The minimum atomic E-state index is -4.40. The summed E-state index contributed by atoms with van der Waals surface area (Å²) in [5, 5.41) is 0. The summed E-state index contributed by atoms with van der Waals surface area (Å²) in [5.74, 6) is 0.691. The van der Waals surface area contributed by atoms with E-state index in [1.165, 1.54) is 11.6 Å². The Kier molecular flexibility index (Phi) is 6.62. The number of hydrogen-bond acceptors (Lipinski definition) is 4. The van der Waals surface area contributed by atoms with Crippen molar-refractivity contribution in [2.24, 2.45) is 0 Å². The number of benzene rings is 1. The summed E-state index contributed by atoms with van der Waals surface area (Å²) in [4.78, 5) is 23.4. The first-order chi connectivity index (χ1) is 16.4. The number of aromatic nitrogens is 1. The van der Waals surface area contributed by atoms with E-state index in [1.807, 2.05) is 9.80 Å². The third kappa shape index (κ3) is 5.13. The fraction of sp³-hybridized carbons (Fsp3) is 0.538. The molecule has 0 bridgehead atoms. The molecule has 8 heteroatoms. The van der Waals surface area contributed by atoms with E-state index in [4.69, 9.17) is 0 Å². The van der Waals surface area contributed by atoms with Gasteiger partial charge < -0.3 is 4.90 Å². The maximum Gasteiger partial charge on any atom is 0.417 e. The number of halogens is 3. The van der Waals surface area contributed by atoms with Gasteiger partial charge in [0, 0.05) is 50.5 Å². The predicted molar refractivity (Wildman–Crippen MR) is 123 cm³/mol. The monoisotopic (exact) mass is 472 g/mol. The van der Waals surface area contributed by atoms with Crippen molar-refractivity contribution in [3.8, 4) is 0 Å². The Hall–Kier alpha value is -2.45. The standard InChI is InChI=1S/C26H31F3N4O/c27-26(28,29)22-14-21-16-31(10-9-24(21)30-15-22)18-25(34)33-13-8-23(17-33)32-11-6-20(7-12-32)19-4-2-1-3-5-19/h1-5,14-15,20,23H,6-13,16-18H2. The van der Waals surface area contributed by atoms with Crippen LogP contribution >= 0.6 is 0 Å². The molecular formula is C26H31F3N4O. The van der Waals surface area contributed by atoms with E-state index in [1.54, 1.807) is 0 Å². The lowest BCUT2D eigenvalue weighted by Crippen LogP contribution is -2.45. The molecule has 0 N–H and O–H groups in total. The molecule has 5 rings (SSSR count). The summed E-state index contributed by atoms with van der Waals surface area (Å²) in [5.41, 5.74) is 1.98. The smallest absolute Gasteiger partial charge is 0.340 e. The summed E-state index contributed by atoms with van der Waals surface area (Å²) in [6, 6.07) is 12.3. The van der Waals surface area contributed by atoms with E-state index < -0.39 is 11.7 Å². The second-order valence-electron chi connectivity index (χ2n) is 9.79. The summed E-state index contributed by atoms with van der Waals surface area (Å²) < 4.78 is 39.1. The molecule has 0 spiro atoms. The van der Waals surface area contributed by atoms with Crippen LogP contribution in [0.1, 0.15) is 47.6 Å². The largest absolute Gasteiger partial charge is 0.417 e. The highest BCUT2D eigenvalue weighted by atomic mass is 19.4. The third-order valence-electron chi connectivity index (χ3n) is 7.64. The number of carbonyl (C=O) groups excluding carboxylic acids is 1. The van der Waals surface area contributed by atoms with E-state index in [2.05, 4.69) is 40.2 Å². The molecular weight excluding hydrogens is 441 g/mol. The van der Waals surface area contributed by atoms with Crippen molar-refractivity contribution in [3.63, 3.8) is 0 Å². The molecule has 2 fully saturated rings. The normalized spacial score (nSPS) is 22.7. The summed E-state index contributed by atoms with van der Waals surface area (Å²) in [6.45, 7) is 4.85. The first kappa shape index (κ1) is 23.3. The van der Waals surface area contributed by atoms with Crippen LogP contribution in [0.3, 0.4) is 0 Å². The second-order valence-corrected chi connectivity index (χ2v) is 9.79. The Balaban J connectivity index is 1.12. The Bertz CT molecular complexity index is 1000. The average Bonchev–Trinajstić information content (AvgIpc) is 3.34. The van der Waals surface area contributed by atoms with Gasteiger partial charge in [-0.1, -0.05) is 30.3 Å². The van der Waals surface area contributed by atoms with E-state index in [0.717, 1.165) is 51.6 Å². The predicted octanol–water partition coefficient (Wildman–Crippen LogP) is 3.94. The molecule has 1 aromatic carbocycles. The van der Waals surface area contributed by atoms with Gasteiger partial charge in [-0.2, -0.15) is 13.2 Å².